The van der Waals surface area contributed by atoms with Crippen molar-refractivity contribution in [3.63, 3.8) is 0 Å². The van der Waals surface area contributed by atoms with Crippen molar-refractivity contribution in [2.24, 2.45) is 0 Å². The summed E-state index contributed by atoms with van der Waals surface area (Å²) in [6.07, 6.45) is 5.66. The van der Waals surface area contributed by atoms with E-state index in [0.29, 0.717) is 36.3 Å². The summed E-state index contributed by atoms with van der Waals surface area (Å²) >= 11 is 0. The number of piperidine rings is 1. The number of hydrogen-bond donors (Lipinski definition) is 1. The van der Waals surface area contributed by atoms with E-state index in [0.717, 1.165) is 32.1 Å². The number of nitrogens with zero attached hydrogens (tertiary/aromatic N) is 5. The summed E-state index contributed by atoms with van der Waals surface area (Å²) in [6.45, 7) is 9.01. The molecule has 0 spiro atoms. The summed E-state index contributed by atoms with van der Waals surface area (Å²) in [5.74, 6) is -1.35. The Kier molecular flexibility index (Phi) is 7.44. The molecule has 40 heavy (non-hydrogen) atoms. The number of hydrogen-bond acceptors (Lipinski definition) is 7. The number of ether oxygens (including phenoxy) is 1. The standard InChI is InChI=1S/C30H35F3N6O/c1-19(2)39-13-14-40-29-24(32)15-20(16-27(29)39)28-25(33)18-34-30(36-28)35-21-5-6-26(23(31)17-21)38-11-7-22(8-12-38)37-9-3-4-10-37/h5-6,15-19,22H,3-4,7-14H2,1-2H3,(H,34,35,36). The molecule has 2 saturated heterocycles. The highest BCUT2D eigenvalue weighted by molar-refractivity contribution is 5.73. The van der Waals surface area contributed by atoms with Crippen molar-refractivity contribution in [2.45, 2.75) is 51.6 Å². The highest BCUT2D eigenvalue weighted by Gasteiger charge is 2.28. The molecule has 0 saturated carbocycles. The van der Waals surface area contributed by atoms with E-state index >= 15 is 4.39 Å². The summed E-state index contributed by atoms with van der Waals surface area (Å²) in [6, 6.07) is 8.56. The van der Waals surface area contributed by atoms with Gasteiger partial charge in [0.1, 0.15) is 18.1 Å². The molecule has 0 atom stereocenters. The number of aromatic nitrogens is 2. The lowest BCUT2D eigenvalue weighted by Crippen LogP contribution is -2.44. The van der Waals surface area contributed by atoms with Gasteiger partial charge in [0, 0.05) is 36.4 Å². The Morgan fingerprint density at radius 3 is 2.40 bits per heavy atom. The zero-order valence-corrected chi connectivity index (χ0v) is 23.0. The number of rotatable bonds is 6. The monoisotopic (exact) mass is 552 g/mol. The Hall–Kier alpha value is -3.53. The van der Waals surface area contributed by atoms with Crippen LogP contribution in [0.15, 0.2) is 36.5 Å². The van der Waals surface area contributed by atoms with E-state index in [1.807, 2.05) is 18.7 Å². The first-order valence-corrected chi connectivity index (χ1v) is 14.2. The molecule has 212 valence electrons. The molecule has 0 amide bonds. The number of nitrogens with one attached hydrogen (secondary N) is 1. The fourth-order valence-corrected chi connectivity index (χ4v) is 6.15. The molecule has 0 radical (unpaired) electrons. The SMILES string of the molecule is CC(C)N1CCOc2c(F)cc(-c3nc(Nc4ccc(N5CCC(N6CCCC6)CC5)c(F)c4)ncc3F)cc21. The van der Waals surface area contributed by atoms with Crippen LogP contribution in [0.25, 0.3) is 11.3 Å². The highest BCUT2D eigenvalue weighted by Crippen LogP contribution is 2.39. The summed E-state index contributed by atoms with van der Waals surface area (Å²) in [4.78, 5) is 15.1. The fraction of sp³-hybridized carbons (Fsp3) is 0.467. The second kappa shape index (κ2) is 11.2. The Morgan fingerprint density at radius 1 is 0.900 bits per heavy atom. The summed E-state index contributed by atoms with van der Waals surface area (Å²) in [5, 5.41) is 2.98. The van der Waals surface area contributed by atoms with Crippen LogP contribution in [0.5, 0.6) is 5.75 Å². The molecule has 1 aromatic heterocycles. The molecular weight excluding hydrogens is 517 g/mol. The van der Waals surface area contributed by atoms with Crippen molar-refractivity contribution < 1.29 is 17.9 Å². The van der Waals surface area contributed by atoms with Crippen LogP contribution in [0, 0.1) is 17.5 Å². The normalized spacial score (nSPS) is 18.2. The molecule has 0 unspecified atom stereocenters. The molecule has 10 heteroatoms. The van der Waals surface area contributed by atoms with Crippen LogP contribution in [0.4, 0.5) is 36.2 Å². The van der Waals surface area contributed by atoms with Gasteiger partial charge in [-0.1, -0.05) is 0 Å². The fourth-order valence-electron chi connectivity index (χ4n) is 6.15. The van der Waals surface area contributed by atoms with Crippen molar-refractivity contribution in [3.05, 3.63) is 54.0 Å². The molecule has 0 aliphatic carbocycles. The third kappa shape index (κ3) is 5.29. The van der Waals surface area contributed by atoms with Gasteiger partial charge in [-0.2, -0.15) is 0 Å². The maximum atomic E-state index is 15.2. The first kappa shape index (κ1) is 26.7. The van der Waals surface area contributed by atoms with Gasteiger partial charge in [0.05, 0.1) is 24.1 Å². The number of anilines is 4. The molecule has 2 aromatic carbocycles. The van der Waals surface area contributed by atoms with Crippen molar-refractivity contribution in [1.29, 1.82) is 0 Å². The Balaban J connectivity index is 1.19. The average Bonchev–Trinajstić information content (AvgIpc) is 3.49. The van der Waals surface area contributed by atoms with Gasteiger partial charge in [0.2, 0.25) is 5.95 Å². The lowest BCUT2D eigenvalue weighted by Gasteiger charge is -2.38. The average molecular weight is 553 g/mol. The quantitative estimate of drug-likeness (QED) is 0.404. The molecule has 6 rings (SSSR count). The van der Waals surface area contributed by atoms with E-state index in [9.17, 15) is 8.78 Å². The molecule has 7 nitrogen and oxygen atoms in total. The maximum absolute atomic E-state index is 15.2. The molecule has 3 aromatic rings. The predicted molar refractivity (Wildman–Crippen MR) is 151 cm³/mol. The van der Waals surface area contributed by atoms with Crippen molar-refractivity contribution in [1.82, 2.24) is 14.9 Å². The predicted octanol–water partition coefficient (Wildman–Crippen LogP) is 5.98. The van der Waals surface area contributed by atoms with Gasteiger partial charge in [-0.05, 0) is 83.0 Å². The van der Waals surface area contributed by atoms with E-state index in [-0.39, 0.29) is 34.8 Å². The lowest BCUT2D eigenvalue weighted by atomic mass is 10.0. The van der Waals surface area contributed by atoms with Crippen molar-refractivity contribution >= 4 is 23.0 Å². The smallest absolute Gasteiger partial charge is 0.227 e. The first-order valence-electron chi connectivity index (χ1n) is 14.2. The van der Waals surface area contributed by atoms with E-state index in [1.54, 1.807) is 18.2 Å². The van der Waals surface area contributed by atoms with Crippen LogP contribution in [0.2, 0.25) is 0 Å². The van der Waals surface area contributed by atoms with E-state index < -0.39 is 11.6 Å². The molecule has 0 bridgehead atoms. The topological polar surface area (TPSA) is 56.8 Å². The maximum Gasteiger partial charge on any atom is 0.227 e. The van der Waals surface area contributed by atoms with Crippen molar-refractivity contribution in [2.75, 3.05) is 54.4 Å². The molecule has 2 fully saturated rings. The highest BCUT2D eigenvalue weighted by atomic mass is 19.1. The minimum absolute atomic E-state index is 0.0496. The van der Waals surface area contributed by atoms with Gasteiger partial charge in [0.15, 0.2) is 17.4 Å². The number of fused-ring (bicyclic) bond motifs is 1. The summed E-state index contributed by atoms with van der Waals surface area (Å²) in [7, 11) is 0. The van der Waals surface area contributed by atoms with Gasteiger partial charge in [0.25, 0.3) is 0 Å². The minimum Gasteiger partial charge on any atom is -0.486 e. The number of halogens is 3. The Labute approximate surface area is 233 Å². The largest absolute Gasteiger partial charge is 0.486 e. The Bertz CT molecular complexity index is 1370. The van der Waals surface area contributed by atoms with Gasteiger partial charge in [-0.3, -0.25) is 0 Å². The second-order valence-electron chi connectivity index (χ2n) is 11.1. The van der Waals surface area contributed by atoms with Crippen LogP contribution in [0.3, 0.4) is 0 Å². The molecule has 4 heterocycles. The molecule has 3 aliphatic heterocycles. The van der Waals surface area contributed by atoms with Crippen LogP contribution in [-0.4, -0.2) is 66.3 Å². The van der Waals surface area contributed by atoms with Gasteiger partial charge >= 0.3 is 0 Å². The van der Waals surface area contributed by atoms with Crippen LogP contribution < -0.4 is 19.9 Å². The zero-order valence-electron chi connectivity index (χ0n) is 23.0. The van der Waals surface area contributed by atoms with Crippen LogP contribution >= 0.6 is 0 Å². The zero-order chi connectivity index (χ0) is 27.8. The summed E-state index contributed by atoms with van der Waals surface area (Å²) < 4.78 is 50.6. The van der Waals surface area contributed by atoms with E-state index in [2.05, 4.69) is 25.1 Å². The van der Waals surface area contributed by atoms with E-state index in [1.165, 1.54) is 38.1 Å². The number of benzene rings is 2. The first-order chi connectivity index (χ1) is 19.4. The van der Waals surface area contributed by atoms with Gasteiger partial charge in [-0.15, -0.1) is 0 Å². The van der Waals surface area contributed by atoms with Crippen LogP contribution in [0.1, 0.15) is 39.5 Å². The van der Waals surface area contributed by atoms with Crippen LogP contribution in [-0.2, 0) is 0 Å². The van der Waals surface area contributed by atoms with E-state index in [4.69, 9.17) is 4.74 Å². The second-order valence-corrected chi connectivity index (χ2v) is 11.1. The molecular formula is C30H35F3N6O. The van der Waals surface area contributed by atoms with Gasteiger partial charge < -0.3 is 24.8 Å². The third-order valence-electron chi connectivity index (χ3n) is 8.22. The Morgan fingerprint density at radius 2 is 1.68 bits per heavy atom. The lowest BCUT2D eigenvalue weighted by molar-refractivity contribution is 0.207. The molecule has 1 N–H and O–H groups in total. The van der Waals surface area contributed by atoms with Gasteiger partial charge in [-0.25, -0.2) is 23.1 Å². The third-order valence-corrected chi connectivity index (χ3v) is 8.22. The number of likely N-dealkylation sites (tertiary alicyclic amines) is 1. The minimum atomic E-state index is -0.684. The molecule has 3 aliphatic rings. The summed E-state index contributed by atoms with van der Waals surface area (Å²) in [5.41, 5.74) is 1.81. The van der Waals surface area contributed by atoms with Crippen molar-refractivity contribution in [3.8, 4) is 17.0 Å².